The molecule has 0 amide bonds. The third kappa shape index (κ3) is 4.31. The predicted molar refractivity (Wildman–Crippen MR) is 125 cm³/mol. The number of hydrogen-bond acceptors (Lipinski definition) is 6. The summed E-state index contributed by atoms with van der Waals surface area (Å²) in [5.41, 5.74) is 3.82. The summed E-state index contributed by atoms with van der Waals surface area (Å²) in [6, 6.07) is 19.7. The molecule has 1 saturated heterocycles. The summed E-state index contributed by atoms with van der Waals surface area (Å²) in [7, 11) is 0. The van der Waals surface area contributed by atoms with Crippen LogP contribution in [0.5, 0.6) is 0 Å². The first kappa shape index (κ1) is 21.1. The van der Waals surface area contributed by atoms with Crippen LogP contribution in [-0.4, -0.2) is 59.9 Å². The van der Waals surface area contributed by atoms with E-state index in [1.54, 1.807) is 12.3 Å². The Morgan fingerprint density at radius 2 is 1.85 bits per heavy atom. The lowest BCUT2D eigenvalue weighted by Crippen LogP contribution is -2.38. The number of nitrogens with zero attached hydrogens (tertiary/aromatic N) is 4. The molecule has 0 N–H and O–H groups in total. The topological polar surface area (TPSA) is 80.4 Å². The molecule has 7 nitrogen and oxygen atoms in total. The molecule has 3 heterocycles. The zero-order valence-electron chi connectivity index (χ0n) is 18.2. The monoisotopic (exact) mass is 440 g/mol. The Labute approximate surface area is 191 Å². The summed E-state index contributed by atoms with van der Waals surface area (Å²) < 4.78 is 13.0. The molecule has 1 aliphatic heterocycles. The third-order valence-electron chi connectivity index (χ3n) is 6.08. The molecule has 1 fully saturated rings. The first-order valence-corrected chi connectivity index (χ1v) is 11.1. The zero-order chi connectivity index (χ0) is 22.6. The number of fused-ring (bicyclic) bond motifs is 3. The van der Waals surface area contributed by atoms with Crippen LogP contribution in [0.1, 0.15) is 21.6 Å². The highest BCUT2D eigenvalue weighted by Crippen LogP contribution is 2.30. The number of benzene rings is 2. The summed E-state index contributed by atoms with van der Waals surface area (Å²) in [6.07, 6.45) is 1.73. The van der Waals surface area contributed by atoms with Crippen LogP contribution in [0.25, 0.3) is 21.8 Å². The lowest BCUT2D eigenvalue weighted by atomic mass is 10.1. The van der Waals surface area contributed by atoms with Crippen LogP contribution in [0.4, 0.5) is 0 Å². The van der Waals surface area contributed by atoms with Crippen molar-refractivity contribution in [1.82, 2.24) is 14.5 Å². The molecule has 4 aromatic rings. The van der Waals surface area contributed by atoms with Gasteiger partial charge in [0.15, 0.2) is 0 Å². The number of aromatic nitrogens is 2. The van der Waals surface area contributed by atoms with Gasteiger partial charge in [-0.15, -0.1) is 0 Å². The van der Waals surface area contributed by atoms with Crippen molar-refractivity contribution in [3.63, 3.8) is 0 Å². The molecule has 166 valence electrons. The minimum Gasteiger partial charge on any atom is -0.460 e. The number of morpholine rings is 1. The fourth-order valence-corrected chi connectivity index (χ4v) is 4.33. The molecule has 5 rings (SSSR count). The lowest BCUT2D eigenvalue weighted by molar-refractivity contribution is 0.0193. The predicted octanol–water partition coefficient (Wildman–Crippen LogP) is 3.60. The number of pyridine rings is 1. The number of carbonyl (C=O) groups excluding carboxylic acids is 1. The lowest BCUT2D eigenvalue weighted by Gasteiger charge is -2.26. The summed E-state index contributed by atoms with van der Waals surface area (Å²) in [5, 5.41) is 11.5. The first-order valence-electron chi connectivity index (χ1n) is 11.1. The van der Waals surface area contributed by atoms with Gasteiger partial charge >= 0.3 is 5.97 Å². The van der Waals surface area contributed by atoms with Crippen molar-refractivity contribution in [2.75, 3.05) is 39.5 Å². The second kappa shape index (κ2) is 9.41. The van der Waals surface area contributed by atoms with Gasteiger partial charge in [0.25, 0.3) is 0 Å². The fraction of sp³-hybridized carbons (Fsp3) is 0.269. The molecule has 0 aliphatic carbocycles. The number of para-hydroxylation sites is 1. The van der Waals surface area contributed by atoms with Crippen LogP contribution in [0, 0.1) is 11.3 Å². The van der Waals surface area contributed by atoms with Gasteiger partial charge < -0.3 is 14.0 Å². The van der Waals surface area contributed by atoms with Gasteiger partial charge in [0.05, 0.1) is 36.6 Å². The van der Waals surface area contributed by atoms with E-state index >= 15 is 0 Å². The molecule has 0 unspecified atom stereocenters. The van der Waals surface area contributed by atoms with E-state index in [1.165, 1.54) is 0 Å². The van der Waals surface area contributed by atoms with E-state index in [0.29, 0.717) is 31.0 Å². The van der Waals surface area contributed by atoms with Crippen LogP contribution < -0.4 is 0 Å². The van der Waals surface area contributed by atoms with E-state index in [1.807, 2.05) is 48.5 Å². The highest BCUT2D eigenvalue weighted by atomic mass is 16.5. The van der Waals surface area contributed by atoms with Crippen molar-refractivity contribution in [3.8, 4) is 6.07 Å². The normalized spacial score (nSPS) is 14.4. The van der Waals surface area contributed by atoms with Gasteiger partial charge in [0.2, 0.25) is 0 Å². The molecule has 2 aromatic carbocycles. The van der Waals surface area contributed by atoms with Crippen molar-refractivity contribution < 1.29 is 14.3 Å². The molecule has 0 spiro atoms. The maximum Gasteiger partial charge on any atom is 0.356 e. The number of esters is 1. The Bertz CT molecular complexity index is 1350. The molecule has 7 heteroatoms. The highest BCUT2D eigenvalue weighted by molar-refractivity contribution is 6.09. The minimum atomic E-state index is -0.420. The van der Waals surface area contributed by atoms with Crippen molar-refractivity contribution >= 4 is 27.8 Å². The first-order chi connectivity index (χ1) is 16.2. The van der Waals surface area contributed by atoms with Crippen molar-refractivity contribution in [1.29, 1.82) is 5.26 Å². The van der Waals surface area contributed by atoms with Gasteiger partial charge in [0.1, 0.15) is 12.3 Å². The molecule has 0 radical (unpaired) electrons. The minimum absolute atomic E-state index is 0.296. The number of nitriles is 1. The summed E-state index contributed by atoms with van der Waals surface area (Å²) in [5.74, 6) is -0.420. The SMILES string of the molecule is N#Cc1ccccc1Cn1c2ccccc2c2cc(C(=O)OCCN3CCOCC3)ncc21. The largest absolute Gasteiger partial charge is 0.460 e. The van der Waals surface area contributed by atoms with Crippen molar-refractivity contribution in [3.05, 3.63) is 77.6 Å². The Morgan fingerprint density at radius 3 is 2.70 bits per heavy atom. The second-order valence-corrected chi connectivity index (χ2v) is 8.05. The Morgan fingerprint density at radius 1 is 1.06 bits per heavy atom. The van der Waals surface area contributed by atoms with Crippen molar-refractivity contribution in [2.45, 2.75) is 6.54 Å². The van der Waals surface area contributed by atoms with Gasteiger partial charge in [-0.3, -0.25) is 4.90 Å². The van der Waals surface area contributed by atoms with Gasteiger partial charge in [-0.05, 0) is 23.8 Å². The van der Waals surface area contributed by atoms with E-state index in [0.717, 1.165) is 53.7 Å². The van der Waals surface area contributed by atoms with E-state index in [9.17, 15) is 10.1 Å². The maximum absolute atomic E-state index is 12.7. The van der Waals surface area contributed by atoms with E-state index in [-0.39, 0.29) is 0 Å². The van der Waals surface area contributed by atoms with Crippen molar-refractivity contribution in [2.24, 2.45) is 0 Å². The molecular formula is C26H24N4O3. The number of carbonyl (C=O) groups is 1. The Kier molecular flexibility index (Phi) is 6.03. The number of ether oxygens (including phenoxy) is 2. The van der Waals surface area contributed by atoms with Crippen LogP contribution in [-0.2, 0) is 16.0 Å². The van der Waals surface area contributed by atoms with Crippen LogP contribution >= 0.6 is 0 Å². The van der Waals surface area contributed by atoms with Gasteiger partial charge in [-0.1, -0.05) is 36.4 Å². The summed E-state index contributed by atoms with van der Waals surface area (Å²) in [6.45, 7) is 4.70. The molecule has 0 saturated carbocycles. The zero-order valence-corrected chi connectivity index (χ0v) is 18.2. The molecule has 1 aliphatic rings. The fourth-order valence-electron chi connectivity index (χ4n) is 4.33. The smallest absolute Gasteiger partial charge is 0.356 e. The van der Waals surface area contributed by atoms with Crippen LogP contribution in [0.2, 0.25) is 0 Å². The quantitative estimate of drug-likeness (QED) is 0.426. The number of rotatable bonds is 6. The maximum atomic E-state index is 12.7. The Balaban J connectivity index is 1.43. The molecule has 2 aromatic heterocycles. The average molecular weight is 441 g/mol. The van der Waals surface area contributed by atoms with E-state index in [2.05, 4.69) is 20.5 Å². The van der Waals surface area contributed by atoms with E-state index < -0.39 is 5.97 Å². The number of hydrogen-bond donors (Lipinski definition) is 0. The average Bonchev–Trinajstić information content (AvgIpc) is 3.18. The summed E-state index contributed by atoms with van der Waals surface area (Å²) in [4.78, 5) is 19.3. The highest BCUT2D eigenvalue weighted by Gasteiger charge is 2.17. The molecule has 33 heavy (non-hydrogen) atoms. The van der Waals surface area contributed by atoms with E-state index in [4.69, 9.17) is 9.47 Å². The summed E-state index contributed by atoms with van der Waals surface area (Å²) >= 11 is 0. The molecular weight excluding hydrogens is 416 g/mol. The molecule has 0 atom stereocenters. The Hall–Kier alpha value is -3.73. The molecule has 0 bridgehead atoms. The third-order valence-corrected chi connectivity index (χ3v) is 6.08. The van der Waals surface area contributed by atoms with Crippen LogP contribution in [0.3, 0.4) is 0 Å². The van der Waals surface area contributed by atoms with Crippen LogP contribution in [0.15, 0.2) is 60.8 Å². The van der Waals surface area contributed by atoms with Gasteiger partial charge in [0, 0.05) is 42.5 Å². The van der Waals surface area contributed by atoms with Gasteiger partial charge in [-0.25, -0.2) is 9.78 Å². The second-order valence-electron chi connectivity index (χ2n) is 8.05. The standard InChI is InChI=1S/C26H24N4O3/c27-16-19-5-1-2-6-20(19)18-30-24-8-4-3-7-21(24)22-15-23(28-17-25(22)30)26(31)33-14-11-29-9-12-32-13-10-29/h1-8,15,17H,9-14,18H2. The van der Waals surface area contributed by atoms with Gasteiger partial charge in [-0.2, -0.15) is 5.26 Å².